The number of ether oxygens (including phenoxy) is 1. The zero-order chi connectivity index (χ0) is 20.8. The smallest absolute Gasteiger partial charge is 0.203 e. The van der Waals surface area contributed by atoms with Crippen LogP contribution in [0.15, 0.2) is 83.3 Å². The van der Waals surface area contributed by atoms with Gasteiger partial charge in [0.05, 0.1) is 11.9 Å². The van der Waals surface area contributed by atoms with Gasteiger partial charge in [0.15, 0.2) is 0 Å². The lowest BCUT2D eigenvalue weighted by molar-refractivity contribution is 0.306. The van der Waals surface area contributed by atoms with Crippen LogP contribution in [0.3, 0.4) is 0 Å². The van der Waals surface area contributed by atoms with Crippen LogP contribution < -0.4 is 10.2 Å². The van der Waals surface area contributed by atoms with Gasteiger partial charge in [-0.25, -0.2) is 4.98 Å². The molecule has 30 heavy (non-hydrogen) atoms. The second-order valence-electron chi connectivity index (χ2n) is 6.33. The summed E-state index contributed by atoms with van der Waals surface area (Å²) in [5, 5.41) is 8.19. The Morgan fingerprint density at radius 3 is 2.40 bits per heavy atom. The molecule has 150 valence electrons. The fourth-order valence-corrected chi connectivity index (χ4v) is 3.88. The molecular weight excluding hydrogens is 437 g/mol. The Hall–Kier alpha value is -2.86. The fraction of sp³-hybridized carbons (Fsp3) is 0.0435. The Morgan fingerprint density at radius 2 is 1.67 bits per heavy atom. The van der Waals surface area contributed by atoms with Crippen molar-refractivity contribution in [1.29, 1.82) is 0 Å². The summed E-state index contributed by atoms with van der Waals surface area (Å²) < 4.78 is 5.79. The van der Waals surface area contributed by atoms with Gasteiger partial charge in [0.25, 0.3) is 0 Å². The molecule has 0 amide bonds. The molecule has 0 aliphatic heterocycles. The van der Waals surface area contributed by atoms with E-state index in [2.05, 4.69) is 15.5 Å². The van der Waals surface area contributed by atoms with Gasteiger partial charge in [0, 0.05) is 26.6 Å². The average Bonchev–Trinajstić information content (AvgIpc) is 3.24. The third-order valence-electron chi connectivity index (χ3n) is 4.27. The molecule has 0 bridgehead atoms. The summed E-state index contributed by atoms with van der Waals surface area (Å²) in [4.78, 5) is 4.55. The molecule has 0 aliphatic rings. The summed E-state index contributed by atoms with van der Waals surface area (Å²) in [6.45, 7) is 0.307. The van der Waals surface area contributed by atoms with Crippen LogP contribution in [0.2, 0.25) is 10.0 Å². The summed E-state index contributed by atoms with van der Waals surface area (Å²) in [5.74, 6) is 0.725. The molecule has 0 saturated carbocycles. The minimum atomic E-state index is 0.307. The average molecular weight is 454 g/mol. The fourth-order valence-electron chi connectivity index (χ4n) is 2.70. The van der Waals surface area contributed by atoms with Crippen LogP contribution in [-0.2, 0) is 6.61 Å². The number of hydrazone groups is 1. The predicted molar refractivity (Wildman–Crippen MR) is 126 cm³/mol. The molecule has 4 rings (SSSR count). The summed E-state index contributed by atoms with van der Waals surface area (Å²) in [5.41, 5.74) is 6.69. The third-order valence-corrected chi connectivity index (χ3v) is 5.73. The van der Waals surface area contributed by atoms with Crippen molar-refractivity contribution in [2.75, 3.05) is 5.43 Å². The van der Waals surface area contributed by atoms with Crippen molar-refractivity contribution in [3.63, 3.8) is 0 Å². The van der Waals surface area contributed by atoms with Crippen LogP contribution in [0.4, 0.5) is 5.13 Å². The van der Waals surface area contributed by atoms with E-state index in [0.717, 1.165) is 33.3 Å². The quantitative estimate of drug-likeness (QED) is 0.238. The second-order valence-corrected chi connectivity index (χ2v) is 8.00. The SMILES string of the molecule is Clc1cccc(Cl)c1COc1ccc(/C=N/Nc2nc(-c3ccccc3)cs2)cc1. The number of anilines is 1. The third kappa shape index (κ3) is 5.19. The van der Waals surface area contributed by atoms with E-state index in [1.165, 1.54) is 11.3 Å². The molecule has 0 atom stereocenters. The van der Waals surface area contributed by atoms with E-state index >= 15 is 0 Å². The van der Waals surface area contributed by atoms with E-state index < -0.39 is 0 Å². The Bertz CT molecular complexity index is 1120. The van der Waals surface area contributed by atoms with E-state index in [4.69, 9.17) is 27.9 Å². The number of hydrogen-bond acceptors (Lipinski definition) is 5. The van der Waals surface area contributed by atoms with E-state index in [0.29, 0.717) is 16.7 Å². The standard InChI is InChI=1S/C23H17Cl2N3OS/c24-20-7-4-8-21(25)19(20)14-29-18-11-9-16(10-12-18)13-26-28-23-27-22(15-30-23)17-5-2-1-3-6-17/h1-13,15H,14H2,(H,27,28)/b26-13+. The molecule has 0 unspecified atom stereocenters. The first-order valence-corrected chi connectivity index (χ1v) is 10.8. The number of hydrogen-bond donors (Lipinski definition) is 1. The summed E-state index contributed by atoms with van der Waals surface area (Å²) in [7, 11) is 0. The first-order chi connectivity index (χ1) is 14.7. The number of nitrogens with one attached hydrogen (secondary N) is 1. The molecule has 0 fully saturated rings. The number of thiazole rings is 1. The minimum Gasteiger partial charge on any atom is -0.489 e. The highest BCUT2D eigenvalue weighted by molar-refractivity contribution is 7.14. The van der Waals surface area contributed by atoms with Crippen molar-refractivity contribution in [3.05, 3.63) is 99.3 Å². The number of aromatic nitrogens is 1. The van der Waals surface area contributed by atoms with Gasteiger partial charge >= 0.3 is 0 Å². The molecule has 1 N–H and O–H groups in total. The zero-order valence-corrected chi connectivity index (χ0v) is 18.1. The van der Waals surface area contributed by atoms with Crippen molar-refractivity contribution in [3.8, 4) is 17.0 Å². The molecule has 0 spiro atoms. The maximum atomic E-state index is 6.17. The second kappa shape index (κ2) is 9.76. The molecule has 4 aromatic rings. The monoisotopic (exact) mass is 453 g/mol. The first-order valence-electron chi connectivity index (χ1n) is 9.15. The van der Waals surface area contributed by atoms with Crippen molar-refractivity contribution in [1.82, 2.24) is 4.98 Å². The lowest BCUT2D eigenvalue weighted by Crippen LogP contribution is -1.97. The van der Waals surface area contributed by atoms with Crippen molar-refractivity contribution in [2.45, 2.75) is 6.61 Å². The molecule has 7 heteroatoms. The highest BCUT2D eigenvalue weighted by Crippen LogP contribution is 2.26. The Labute approximate surface area is 188 Å². The largest absolute Gasteiger partial charge is 0.489 e. The van der Waals surface area contributed by atoms with Gasteiger partial charge in [-0.15, -0.1) is 11.3 Å². The van der Waals surface area contributed by atoms with Gasteiger partial charge in [-0.2, -0.15) is 5.10 Å². The molecule has 3 aromatic carbocycles. The van der Waals surface area contributed by atoms with Crippen LogP contribution >= 0.6 is 34.5 Å². The first kappa shape index (κ1) is 20.4. The summed E-state index contributed by atoms with van der Waals surface area (Å²) in [6, 6.07) is 23.0. The number of benzene rings is 3. The molecular formula is C23H17Cl2N3OS. The minimum absolute atomic E-state index is 0.307. The van der Waals surface area contributed by atoms with Gasteiger partial charge in [0.1, 0.15) is 12.4 Å². The molecule has 0 aliphatic carbocycles. The lowest BCUT2D eigenvalue weighted by Gasteiger charge is -2.09. The van der Waals surface area contributed by atoms with E-state index in [1.807, 2.05) is 66.0 Å². The maximum Gasteiger partial charge on any atom is 0.203 e. The molecule has 1 heterocycles. The van der Waals surface area contributed by atoms with Crippen molar-refractivity contribution >= 4 is 45.9 Å². The van der Waals surface area contributed by atoms with Gasteiger partial charge in [-0.1, -0.05) is 59.6 Å². The molecule has 0 saturated heterocycles. The van der Waals surface area contributed by atoms with Crippen molar-refractivity contribution < 1.29 is 4.74 Å². The Kier molecular flexibility index (Phi) is 6.64. The van der Waals surface area contributed by atoms with E-state index in [-0.39, 0.29) is 0 Å². The highest BCUT2D eigenvalue weighted by Gasteiger charge is 2.06. The molecule has 0 radical (unpaired) electrons. The summed E-state index contributed by atoms with van der Waals surface area (Å²) >= 11 is 13.9. The van der Waals surface area contributed by atoms with Gasteiger partial charge in [0.2, 0.25) is 5.13 Å². The van der Waals surface area contributed by atoms with Gasteiger partial charge in [-0.3, -0.25) is 5.43 Å². The van der Waals surface area contributed by atoms with Crippen LogP contribution in [0.5, 0.6) is 5.75 Å². The number of rotatable bonds is 7. The van der Waals surface area contributed by atoms with E-state index in [9.17, 15) is 0 Å². The predicted octanol–water partition coefficient (Wildman–Crippen LogP) is 7.14. The zero-order valence-electron chi connectivity index (χ0n) is 15.8. The number of halogens is 2. The Morgan fingerprint density at radius 1 is 0.933 bits per heavy atom. The molecule has 1 aromatic heterocycles. The van der Waals surface area contributed by atoms with Crippen molar-refractivity contribution in [2.24, 2.45) is 5.10 Å². The van der Waals surface area contributed by atoms with Crippen LogP contribution in [0, 0.1) is 0 Å². The number of nitrogens with zero attached hydrogens (tertiary/aromatic N) is 2. The van der Waals surface area contributed by atoms with Crippen LogP contribution in [-0.4, -0.2) is 11.2 Å². The normalized spacial score (nSPS) is 11.0. The molecule has 4 nitrogen and oxygen atoms in total. The van der Waals surface area contributed by atoms with E-state index in [1.54, 1.807) is 18.3 Å². The lowest BCUT2D eigenvalue weighted by atomic mass is 10.2. The van der Waals surface area contributed by atoms with Crippen LogP contribution in [0.1, 0.15) is 11.1 Å². The van der Waals surface area contributed by atoms with Crippen LogP contribution in [0.25, 0.3) is 11.3 Å². The highest BCUT2D eigenvalue weighted by atomic mass is 35.5. The Balaban J connectivity index is 1.32. The maximum absolute atomic E-state index is 6.17. The van der Waals surface area contributed by atoms with Gasteiger partial charge in [-0.05, 0) is 42.0 Å². The summed E-state index contributed by atoms with van der Waals surface area (Å²) in [6.07, 6.45) is 1.73. The van der Waals surface area contributed by atoms with Gasteiger partial charge < -0.3 is 4.74 Å². The topological polar surface area (TPSA) is 46.5 Å².